The maximum absolute atomic E-state index is 13.7. The zero-order valence-electron chi connectivity index (χ0n) is 50.8. The van der Waals surface area contributed by atoms with E-state index < -0.39 is 139 Å². The Morgan fingerprint density at radius 1 is 0.407 bits per heavy atom. The van der Waals surface area contributed by atoms with Crippen molar-refractivity contribution < 1.29 is 73.2 Å². The molecule has 0 radical (unpaired) electrons. The first-order chi connectivity index (χ1) is 40.7. The highest BCUT2D eigenvalue weighted by molar-refractivity contribution is 5.98. The van der Waals surface area contributed by atoms with E-state index in [1.807, 2.05) is 19.9 Å². The number of carboxylic acid groups (broad SMARTS) is 1. The van der Waals surface area contributed by atoms with E-state index in [2.05, 4.69) is 42.5 Å². The van der Waals surface area contributed by atoms with Crippen LogP contribution in [0, 0.1) is 11.8 Å². The van der Waals surface area contributed by atoms with Crippen LogP contribution in [0.4, 0.5) is 0 Å². The van der Waals surface area contributed by atoms with Crippen LogP contribution in [0.25, 0.3) is 0 Å². The van der Waals surface area contributed by atoms with Gasteiger partial charge in [0.1, 0.15) is 48.3 Å². The lowest BCUT2D eigenvalue weighted by Gasteiger charge is -2.28. The number of amides is 10. The molecule has 0 bridgehead atoms. The van der Waals surface area contributed by atoms with E-state index in [-0.39, 0.29) is 50.4 Å². The number of hydrogen-bond donors (Lipinski definition) is 14. The monoisotopic (exact) mass is 1210 g/mol. The van der Waals surface area contributed by atoms with Gasteiger partial charge in [0.05, 0.1) is 25.2 Å². The summed E-state index contributed by atoms with van der Waals surface area (Å²) in [7, 11) is 0. The lowest BCUT2D eigenvalue weighted by Crippen LogP contribution is -2.61. The fourth-order valence-corrected chi connectivity index (χ4v) is 9.39. The maximum atomic E-state index is 13.7. The third-order valence-corrected chi connectivity index (χ3v) is 14.1. The van der Waals surface area contributed by atoms with Gasteiger partial charge in [0.15, 0.2) is 0 Å². The molecule has 10 atom stereocenters. The molecule has 0 unspecified atom stereocenters. The van der Waals surface area contributed by atoms with Crippen LogP contribution in [-0.4, -0.2) is 153 Å². The van der Waals surface area contributed by atoms with Crippen molar-refractivity contribution in [1.82, 2.24) is 42.5 Å². The Balaban J connectivity index is 1.74. The molecular formula is C61H96N10O15. The molecule has 25 heteroatoms. The zero-order chi connectivity index (χ0) is 64.3. The van der Waals surface area contributed by atoms with Crippen LogP contribution in [0.2, 0.25) is 0 Å². The molecular weight excluding hydrogens is 1110 g/mol. The summed E-state index contributed by atoms with van der Waals surface area (Å²) in [6.07, 6.45) is 7.37. The van der Waals surface area contributed by atoms with E-state index in [1.54, 1.807) is 68.4 Å². The van der Waals surface area contributed by atoms with Crippen molar-refractivity contribution in [1.29, 1.82) is 0 Å². The number of nitrogens with two attached hydrogens (primary N) is 2. The van der Waals surface area contributed by atoms with Crippen molar-refractivity contribution >= 4 is 65.0 Å². The van der Waals surface area contributed by atoms with Gasteiger partial charge < -0.3 is 74.4 Å². The third-order valence-electron chi connectivity index (χ3n) is 14.1. The van der Waals surface area contributed by atoms with Crippen LogP contribution in [0.3, 0.4) is 0 Å². The number of benzene rings is 2. The van der Waals surface area contributed by atoms with E-state index in [0.717, 1.165) is 69.8 Å². The van der Waals surface area contributed by atoms with Crippen LogP contribution in [0.15, 0.2) is 60.7 Å². The normalized spacial score (nSPS) is 14.7. The molecule has 0 saturated carbocycles. The Kier molecular flexibility index (Phi) is 35.3. The Hall–Kier alpha value is -7.51. The highest BCUT2D eigenvalue weighted by Crippen LogP contribution is 2.15. The summed E-state index contributed by atoms with van der Waals surface area (Å²) >= 11 is 0. The first-order valence-electron chi connectivity index (χ1n) is 30.0. The van der Waals surface area contributed by atoms with Crippen LogP contribution >= 0.6 is 0 Å². The van der Waals surface area contributed by atoms with Crippen molar-refractivity contribution in [3.05, 3.63) is 71.8 Å². The van der Waals surface area contributed by atoms with E-state index in [9.17, 15) is 73.2 Å². The lowest BCUT2D eigenvalue weighted by atomic mass is 10.0. The van der Waals surface area contributed by atoms with Crippen molar-refractivity contribution in [2.45, 2.75) is 224 Å². The second kappa shape index (κ2) is 40.7. The molecule has 0 heterocycles. The number of aliphatic hydroxyl groups excluding tert-OH is 3. The number of carbonyl (C=O) groups excluding carboxylic acids is 10. The zero-order valence-corrected chi connectivity index (χ0v) is 50.8. The number of carbonyl (C=O) groups is 11. The average Bonchev–Trinajstić information content (AvgIpc) is 3.66. The Morgan fingerprint density at radius 2 is 0.744 bits per heavy atom. The highest BCUT2D eigenvalue weighted by atomic mass is 16.4. The summed E-state index contributed by atoms with van der Waals surface area (Å²) in [5.41, 5.74) is 12.3. The summed E-state index contributed by atoms with van der Waals surface area (Å²) in [4.78, 5) is 143. The molecule has 2 rings (SSSR count). The number of aliphatic carboxylic acids is 1. The molecule has 0 aliphatic heterocycles. The van der Waals surface area contributed by atoms with Gasteiger partial charge in [0, 0.05) is 25.7 Å². The lowest BCUT2D eigenvalue weighted by molar-refractivity contribution is -0.142. The van der Waals surface area contributed by atoms with Gasteiger partial charge >= 0.3 is 5.97 Å². The van der Waals surface area contributed by atoms with Gasteiger partial charge in [-0.05, 0) is 62.5 Å². The molecule has 0 spiro atoms. The fourth-order valence-electron chi connectivity index (χ4n) is 9.39. The highest BCUT2D eigenvalue weighted by Gasteiger charge is 2.36. The fraction of sp³-hybridized carbons (Fsp3) is 0.623. The molecule has 25 nitrogen and oxygen atoms in total. The van der Waals surface area contributed by atoms with Gasteiger partial charge in [-0.2, -0.15) is 0 Å². The number of primary amides is 2. The Bertz CT molecular complexity index is 2460. The number of hydrogen-bond acceptors (Lipinski definition) is 14. The van der Waals surface area contributed by atoms with Crippen LogP contribution in [0.1, 0.15) is 162 Å². The number of rotatable bonds is 44. The van der Waals surface area contributed by atoms with Gasteiger partial charge in [-0.15, -0.1) is 0 Å². The number of unbranched alkanes of at least 4 members (excludes halogenated alkanes) is 11. The van der Waals surface area contributed by atoms with Crippen molar-refractivity contribution in [3.63, 3.8) is 0 Å². The minimum atomic E-state index is -1.68. The molecule has 0 saturated heterocycles. The predicted octanol–water partition coefficient (Wildman–Crippen LogP) is 1.10. The van der Waals surface area contributed by atoms with E-state index >= 15 is 0 Å². The molecule has 2 aromatic carbocycles. The molecule has 0 aromatic heterocycles. The van der Waals surface area contributed by atoms with E-state index in [0.29, 0.717) is 18.4 Å². The standard InChI is InChI=1S/C61H96N10O15/c1-37(2)31-44(55(79)65-43(54(63)78)33-41-25-19-17-20-26-41)67-59(83)52(39(5)73)70-51(77)30-24-16-14-12-10-8-7-9-11-13-15-23-29-50(76)64-48(36-72)58(82)71-53(40(6)74)60(84)68-45(32-38(3)4)56(80)66-46(35-49(62)75)57(81)69-47(61(85)86)34-42-27-21-18-22-28-42/h17-22,25-28,37-40,43-48,52-53,72-74H,7-16,23-24,29-36H2,1-6H3,(H2,62,75)(H2,63,78)(H,64,76)(H,65,79)(H,66,80)(H,67,83)(H,68,84)(H,69,81)(H,70,77)(H,71,82)(H,85,86)/t39-,40-,43+,44+,45+,46+,47+,48+,52+,53+/m1/s1. The summed E-state index contributed by atoms with van der Waals surface area (Å²) in [5, 5.41) is 60.7. The molecule has 0 fully saturated rings. The average molecular weight is 1210 g/mol. The van der Waals surface area contributed by atoms with Crippen LogP contribution in [-0.2, 0) is 65.6 Å². The largest absolute Gasteiger partial charge is 0.480 e. The second-order valence-corrected chi connectivity index (χ2v) is 22.9. The maximum Gasteiger partial charge on any atom is 0.326 e. The van der Waals surface area contributed by atoms with Crippen molar-refractivity contribution in [2.24, 2.45) is 23.3 Å². The summed E-state index contributed by atoms with van der Waals surface area (Å²) < 4.78 is 0. The molecule has 0 aliphatic rings. The molecule has 86 heavy (non-hydrogen) atoms. The van der Waals surface area contributed by atoms with Crippen molar-refractivity contribution in [3.8, 4) is 0 Å². The summed E-state index contributed by atoms with van der Waals surface area (Å²) in [6.45, 7) is 8.93. The first kappa shape index (κ1) is 74.6. The van der Waals surface area contributed by atoms with Crippen LogP contribution < -0.4 is 54.0 Å². The van der Waals surface area contributed by atoms with E-state index in [4.69, 9.17) is 11.5 Å². The van der Waals surface area contributed by atoms with Crippen LogP contribution in [0.5, 0.6) is 0 Å². The number of carboxylic acids is 1. The smallest absolute Gasteiger partial charge is 0.326 e. The Labute approximate surface area is 504 Å². The minimum absolute atomic E-state index is 0.0210. The van der Waals surface area contributed by atoms with Gasteiger partial charge in [0.25, 0.3) is 0 Å². The van der Waals surface area contributed by atoms with Gasteiger partial charge in [0.2, 0.25) is 59.1 Å². The van der Waals surface area contributed by atoms with Gasteiger partial charge in [-0.25, -0.2) is 4.79 Å². The SMILES string of the molecule is CC(C)C[C@H](NC(=O)[C@@H](NC(=O)CCCCCCCCCCCCCCC(=O)N[C@@H](CO)C(=O)N[C@H](C(=O)N[C@@H](CC(C)C)C(=O)N[C@@H](CC(N)=O)C(=O)N[C@@H](Cc1ccccc1)C(=O)O)[C@@H](C)O)[C@@H](C)O)C(=O)N[C@@H](Cc1ccccc1)C(N)=O. The molecule has 480 valence electrons. The third kappa shape index (κ3) is 30.5. The molecule has 16 N–H and O–H groups in total. The Morgan fingerprint density at radius 3 is 1.12 bits per heavy atom. The number of nitrogens with one attached hydrogen (secondary N) is 8. The van der Waals surface area contributed by atoms with Crippen molar-refractivity contribution in [2.75, 3.05) is 6.61 Å². The summed E-state index contributed by atoms with van der Waals surface area (Å²) in [6, 6.07) is 6.44. The van der Waals surface area contributed by atoms with E-state index in [1.165, 1.54) is 13.8 Å². The molecule has 10 amide bonds. The quantitative estimate of drug-likeness (QED) is 0.0413. The number of aliphatic hydroxyl groups is 3. The topological polar surface area (TPSA) is 417 Å². The molecule has 2 aromatic rings. The minimum Gasteiger partial charge on any atom is -0.480 e. The van der Waals surface area contributed by atoms with Gasteiger partial charge in [-0.1, -0.05) is 153 Å². The molecule has 0 aliphatic carbocycles. The second-order valence-electron chi connectivity index (χ2n) is 22.9. The summed E-state index contributed by atoms with van der Waals surface area (Å²) in [5.74, 6) is -9.62. The van der Waals surface area contributed by atoms with Gasteiger partial charge in [-0.3, -0.25) is 47.9 Å². The first-order valence-corrected chi connectivity index (χ1v) is 30.0. The predicted molar refractivity (Wildman–Crippen MR) is 320 cm³/mol.